The van der Waals surface area contributed by atoms with E-state index in [0.29, 0.717) is 55.2 Å². The van der Waals surface area contributed by atoms with Gasteiger partial charge >= 0.3 is 12.2 Å². The number of hydrogen-bond donors (Lipinski definition) is 2. The minimum atomic E-state index is -0.780. The lowest BCUT2D eigenvalue weighted by atomic mass is 9.83. The molecule has 0 saturated carbocycles. The Bertz CT molecular complexity index is 1350. The number of nitrogens with zero attached hydrogens (tertiary/aromatic N) is 2. The zero-order valence-corrected chi connectivity index (χ0v) is 23.1. The van der Waals surface area contributed by atoms with Gasteiger partial charge < -0.3 is 24.2 Å². The quantitative estimate of drug-likeness (QED) is 0.409. The SMILES string of the molecule is CC(C)(C)OC(=O)N1CCC2(CC1)CC(O)c1nc(-c3ccc(NC(=O)OCc4ccccc4)cc3)ccc1O2. The Hall–Kier alpha value is -4.11. The molecule has 5 rings (SSSR count). The number of likely N-dealkylation sites (tertiary alicyclic amines) is 1. The van der Waals surface area contributed by atoms with E-state index in [0.717, 1.165) is 11.1 Å². The van der Waals surface area contributed by atoms with Gasteiger partial charge in [0.15, 0.2) is 0 Å². The Labute approximate surface area is 234 Å². The maximum absolute atomic E-state index is 12.5. The highest BCUT2D eigenvalue weighted by molar-refractivity contribution is 5.85. The molecule has 210 valence electrons. The molecule has 2 aliphatic rings. The molecule has 1 aromatic heterocycles. The van der Waals surface area contributed by atoms with Crippen LogP contribution in [0.5, 0.6) is 5.75 Å². The summed E-state index contributed by atoms with van der Waals surface area (Å²) in [5, 5.41) is 13.8. The number of hydrogen-bond acceptors (Lipinski definition) is 7. The summed E-state index contributed by atoms with van der Waals surface area (Å²) in [6.07, 6.45) is -0.0195. The number of rotatable bonds is 4. The average molecular weight is 546 g/mol. The summed E-state index contributed by atoms with van der Waals surface area (Å²) in [4.78, 5) is 31.0. The van der Waals surface area contributed by atoms with E-state index in [1.54, 1.807) is 17.0 Å². The molecule has 2 N–H and O–H groups in total. The van der Waals surface area contributed by atoms with E-state index in [2.05, 4.69) is 5.32 Å². The van der Waals surface area contributed by atoms with Gasteiger partial charge in [-0.25, -0.2) is 14.6 Å². The summed E-state index contributed by atoms with van der Waals surface area (Å²) in [5.74, 6) is 0.563. The molecule has 2 aromatic carbocycles. The number of piperidine rings is 1. The first kappa shape index (κ1) is 27.5. The van der Waals surface area contributed by atoms with E-state index in [1.165, 1.54) is 0 Å². The van der Waals surface area contributed by atoms with E-state index in [1.807, 2.05) is 75.4 Å². The maximum atomic E-state index is 12.5. The molecule has 0 radical (unpaired) electrons. The third-order valence-corrected chi connectivity index (χ3v) is 7.06. The second-order valence-electron chi connectivity index (χ2n) is 11.3. The number of fused-ring (bicyclic) bond motifs is 1. The van der Waals surface area contributed by atoms with Crippen molar-refractivity contribution in [3.05, 3.63) is 78.0 Å². The van der Waals surface area contributed by atoms with Gasteiger partial charge in [-0.1, -0.05) is 42.5 Å². The van der Waals surface area contributed by atoms with Crippen molar-refractivity contribution < 1.29 is 28.9 Å². The number of aliphatic hydroxyl groups is 1. The number of aromatic nitrogens is 1. The fourth-order valence-corrected chi connectivity index (χ4v) is 5.00. The van der Waals surface area contributed by atoms with Crippen LogP contribution < -0.4 is 10.1 Å². The lowest BCUT2D eigenvalue weighted by molar-refractivity contribution is -0.0585. The molecule has 40 heavy (non-hydrogen) atoms. The lowest BCUT2D eigenvalue weighted by Gasteiger charge is -2.45. The standard InChI is InChI=1S/C31H35N3O6/c1-30(2,3)40-29(37)34-17-15-31(16-18-34)19-25(35)27-26(39-31)14-13-24(33-27)22-9-11-23(12-10-22)32-28(36)38-20-21-7-5-4-6-8-21/h4-14,25,35H,15-20H2,1-3H3,(H,32,36). The highest BCUT2D eigenvalue weighted by Gasteiger charge is 2.44. The molecule has 3 heterocycles. The average Bonchev–Trinajstić information content (AvgIpc) is 2.92. The fraction of sp³-hybridized carbons (Fsp3) is 0.387. The molecule has 3 aromatic rings. The van der Waals surface area contributed by atoms with Crippen molar-refractivity contribution in [2.75, 3.05) is 18.4 Å². The van der Waals surface area contributed by atoms with E-state index in [-0.39, 0.29) is 12.7 Å². The summed E-state index contributed by atoms with van der Waals surface area (Å²) in [6.45, 7) is 6.75. The van der Waals surface area contributed by atoms with E-state index in [9.17, 15) is 14.7 Å². The molecule has 9 nitrogen and oxygen atoms in total. The Morgan fingerprint density at radius 3 is 2.42 bits per heavy atom. The summed E-state index contributed by atoms with van der Waals surface area (Å²) >= 11 is 0. The number of benzene rings is 2. The number of nitrogens with one attached hydrogen (secondary N) is 1. The second-order valence-corrected chi connectivity index (χ2v) is 11.3. The molecule has 2 amide bonds. The molecule has 2 aliphatic heterocycles. The van der Waals surface area contributed by atoms with Crippen LogP contribution in [0.4, 0.5) is 15.3 Å². The first-order chi connectivity index (χ1) is 19.1. The highest BCUT2D eigenvalue weighted by Crippen LogP contribution is 2.44. The zero-order chi connectivity index (χ0) is 28.3. The zero-order valence-electron chi connectivity index (χ0n) is 23.1. The predicted molar refractivity (Wildman–Crippen MR) is 150 cm³/mol. The summed E-state index contributed by atoms with van der Waals surface area (Å²) in [6, 6.07) is 20.4. The minimum Gasteiger partial charge on any atom is -0.485 e. The third kappa shape index (κ3) is 6.54. The van der Waals surface area contributed by atoms with Crippen molar-refractivity contribution in [3.8, 4) is 17.0 Å². The van der Waals surface area contributed by atoms with Crippen LogP contribution in [0.3, 0.4) is 0 Å². The largest absolute Gasteiger partial charge is 0.485 e. The molecular formula is C31H35N3O6. The number of pyridine rings is 1. The van der Waals surface area contributed by atoms with Crippen LogP contribution in [0, 0.1) is 0 Å². The molecule has 1 fully saturated rings. The molecule has 1 atom stereocenters. The Morgan fingerprint density at radius 2 is 1.75 bits per heavy atom. The van der Waals surface area contributed by atoms with Crippen LogP contribution in [0.2, 0.25) is 0 Å². The van der Waals surface area contributed by atoms with Crippen LogP contribution in [-0.2, 0) is 16.1 Å². The minimum absolute atomic E-state index is 0.192. The predicted octanol–water partition coefficient (Wildman–Crippen LogP) is 6.08. The summed E-state index contributed by atoms with van der Waals surface area (Å²) in [5.41, 5.74) is 2.45. The van der Waals surface area contributed by atoms with Gasteiger partial charge in [-0.3, -0.25) is 5.32 Å². The number of carbonyl (C=O) groups is 2. The summed E-state index contributed by atoms with van der Waals surface area (Å²) < 4.78 is 17.2. The van der Waals surface area contributed by atoms with Crippen molar-refractivity contribution in [1.29, 1.82) is 0 Å². The van der Waals surface area contributed by atoms with Crippen molar-refractivity contribution >= 4 is 17.9 Å². The van der Waals surface area contributed by atoms with Gasteiger partial charge in [-0.15, -0.1) is 0 Å². The monoisotopic (exact) mass is 545 g/mol. The smallest absolute Gasteiger partial charge is 0.411 e. The van der Waals surface area contributed by atoms with Crippen LogP contribution >= 0.6 is 0 Å². The normalized spacial score (nSPS) is 17.9. The van der Waals surface area contributed by atoms with Crippen LogP contribution in [-0.4, -0.2) is 51.5 Å². The Kier molecular flexibility index (Phi) is 7.67. The molecule has 1 saturated heterocycles. The van der Waals surface area contributed by atoms with E-state index in [4.69, 9.17) is 19.2 Å². The van der Waals surface area contributed by atoms with Gasteiger partial charge in [-0.05, 0) is 50.6 Å². The molecule has 1 spiro atoms. The third-order valence-electron chi connectivity index (χ3n) is 7.06. The first-order valence-corrected chi connectivity index (χ1v) is 13.5. The highest BCUT2D eigenvalue weighted by atomic mass is 16.6. The lowest BCUT2D eigenvalue weighted by Crippen LogP contribution is -2.52. The van der Waals surface area contributed by atoms with E-state index >= 15 is 0 Å². The number of carbonyl (C=O) groups excluding carboxylic acids is 2. The van der Waals surface area contributed by atoms with E-state index < -0.39 is 23.4 Å². The maximum Gasteiger partial charge on any atom is 0.411 e. The topological polar surface area (TPSA) is 110 Å². The fourth-order valence-electron chi connectivity index (χ4n) is 5.00. The van der Waals surface area contributed by atoms with Gasteiger partial charge in [0.05, 0.1) is 5.69 Å². The molecule has 1 unspecified atom stereocenters. The van der Waals surface area contributed by atoms with Gasteiger partial charge in [0.25, 0.3) is 0 Å². The van der Waals surface area contributed by atoms with Gasteiger partial charge in [0.2, 0.25) is 0 Å². The van der Waals surface area contributed by atoms with Gasteiger partial charge in [0, 0.05) is 43.6 Å². The van der Waals surface area contributed by atoms with Crippen molar-refractivity contribution in [1.82, 2.24) is 9.88 Å². The van der Waals surface area contributed by atoms with Crippen LogP contribution in [0.15, 0.2) is 66.7 Å². The van der Waals surface area contributed by atoms with Crippen molar-refractivity contribution in [2.24, 2.45) is 0 Å². The Morgan fingerprint density at radius 1 is 1.05 bits per heavy atom. The molecule has 0 bridgehead atoms. The molecule has 9 heteroatoms. The van der Waals surface area contributed by atoms with Crippen molar-refractivity contribution in [3.63, 3.8) is 0 Å². The molecule has 0 aliphatic carbocycles. The second kappa shape index (κ2) is 11.2. The Balaban J connectivity index is 1.19. The van der Waals surface area contributed by atoms with Crippen molar-refractivity contribution in [2.45, 2.75) is 63.9 Å². The van der Waals surface area contributed by atoms with Gasteiger partial charge in [-0.2, -0.15) is 0 Å². The van der Waals surface area contributed by atoms with Crippen LogP contribution in [0.1, 0.15) is 57.4 Å². The molecular weight excluding hydrogens is 510 g/mol. The van der Waals surface area contributed by atoms with Crippen LogP contribution in [0.25, 0.3) is 11.3 Å². The first-order valence-electron chi connectivity index (χ1n) is 13.5. The summed E-state index contributed by atoms with van der Waals surface area (Å²) in [7, 11) is 0. The van der Waals surface area contributed by atoms with Gasteiger partial charge in [0.1, 0.15) is 35.4 Å². The number of amides is 2. The number of aliphatic hydroxyl groups excluding tert-OH is 1. The number of anilines is 1. The number of ether oxygens (including phenoxy) is 3.